The van der Waals surface area contributed by atoms with Crippen molar-refractivity contribution in [1.82, 2.24) is 4.90 Å². The molecule has 1 aliphatic rings. The highest BCUT2D eigenvalue weighted by molar-refractivity contribution is 5.89. The standard InChI is InChI=1S/C13H17N3O2/c1-9(17)14-10-3-5-11(6-4-10)15-12-7-8-16(2)13(12)18/h3-6,12,15H,7-8H2,1-2H3,(H,14,17). The first-order chi connectivity index (χ1) is 8.56. The molecule has 1 aromatic rings. The van der Waals surface area contributed by atoms with Gasteiger partial charge in [0, 0.05) is 31.9 Å². The van der Waals surface area contributed by atoms with Crippen molar-refractivity contribution in [3.05, 3.63) is 24.3 Å². The van der Waals surface area contributed by atoms with Crippen LogP contribution in [0, 0.1) is 0 Å². The van der Waals surface area contributed by atoms with Crippen molar-refractivity contribution in [2.24, 2.45) is 0 Å². The summed E-state index contributed by atoms with van der Waals surface area (Å²) in [4.78, 5) is 24.3. The molecule has 2 amide bonds. The molecule has 1 aliphatic heterocycles. The molecule has 0 aromatic heterocycles. The fraction of sp³-hybridized carbons (Fsp3) is 0.385. The van der Waals surface area contributed by atoms with Crippen molar-refractivity contribution in [3.63, 3.8) is 0 Å². The number of amides is 2. The zero-order chi connectivity index (χ0) is 13.1. The van der Waals surface area contributed by atoms with Gasteiger partial charge in [-0.25, -0.2) is 0 Å². The largest absolute Gasteiger partial charge is 0.374 e. The molecule has 1 fully saturated rings. The van der Waals surface area contributed by atoms with Gasteiger partial charge in [0.15, 0.2) is 0 Å². The van der Waals surface area contributed by atoms with Gasteiger partial charge in [-0.2, -0.15) is 0 Å². The Morgan fingerprint density at radius 2 is 1.89 bits per heavy atom. The number of carbonyl (C=O) groups is 2. The van der Waals surface area contributed by atoms with Gasteiger partial charge in [0.2, 0.25) is 11.8 Å². The lowest BCUT2D eigenvalue weighted by Gasteiger charge is -2.13. The van der Waals surface area contributed by atoms with Crippen LogP contribution in [-0.4, -0.2) is 36.3 Å². The van der Waals surface area contributed by atoms with Crippen LogP contribution in [0.3, 0.4) is 0 Å². The molecule has 1 aromatic carbocycles. The third-order valence-electron chi connectivity index (χ3n) is 2.97. The molecule has 2 N–H and O–H groups in total. The minimum atomic E-state index is -0.137. The van der Waals surface area contributed by atoms with Gasteiger partial charge in [0.25, 0.3) is 0 Å². The predicted octanol–water partition coefficient (Wildman–Crippen LogP) is 1.29. The smallest absolute Gasteiger partial charge is 0.244 e. The molecular weight excluding hydrogens is 230 g/mol. The number of hydrogen-bond donors (Lipinski definition) is 2. The lowest BCUT2D eigenvalue weighted by molar-refractivity contribution is -0.127. The number of nitrogens with one attached hydrogen (secondary N) is 2. The fourth-order valence-electron chi connectivity index (χ4n) is 2.01. The molecule has 5 nitrogen and oxygen atoms in total. The van der Waals surface area contributed by atoms with Crippen molar-refractivity contribution >= 4 is 23.2 Å². The van der Waals surface area contributed by atoms with E-state index in [9.17, 15) is 9.59 Å². The Morgan fingerprint density at radius 1 is 1.28 bits per heavy atom. The average molecular weight is 247 g/mol. The minimum absolute atomic E-state index is 0.0942. The van der Waals surface area contributed by atoms with Crippen molar-refractivity contribution in [1.29, 1.82) is 0 Å². The third-order valence-corrected chi connectivity index (χ3v) is 2.97. The lowest BCUT2D eigenvalue weighted by Crippen LogP contribution is -2.30. The van der Waals surface area contributed by atoms with Crippen molar-refractivity contribution in [3.8, 4) is 0 Å². The van der Waals surface area contributed by atoms with Crippen LogP contribution in [0.2, 0.25) is 0 Å². The highest BCUT2D eigenvalue weighted by Crippen LogP contribution is 2.18. The number of likely N-dealkylation sites (tertiary alicyclic amines) is 1. The maximum atomic E-state index is 11.7. The summed E-state index contributed by atoms with van der Waals surface area (Å²) >= 11 is 0. The van der Waals surface area contributed by atoms with E-state index in [1.54, 1.807) is 4.90 Å². The van der Waals surface area contributed by atoms with Crippen molar-refractivity contribution < 1.29 is 9.59 Å². The summed E-state index contributed by atoms with van der Waals surface area (Å²) in [6, 6.07) is 7.20. The number of likely N-dealkylation sites (N-methyl/N-ethyl adjacent to an activating group) is 1. The Kier molecular flexibility index (Phi) is 3.50. The van der Waals surface area contributed by atoms with E-state index in [4.69, 9.17) is 0 Å². The van der Waals surface area contributed by atoms with Gasteiger partial charge in [0.1, 0.15) is 6.04 Å². The second-order valence-corrected chi connectivity index (χ2v) is 4.50. The summed E-state index contributed by atoms with van der Waals surface area (Å²) < 4.78 is 0. The van der Waals surface area contributed by atoms with Crippen LogP contribution >= 0.6 is 0 Å². The summed E-state index contributed by atoms with van der Waals surface area (Å²) in [5.41, 5.74) is 1.64. The van der Waals surface area contributed by atoms with Gasteiger partial charge in [-0.05, 0) is 30.7 Å². The molecule has 1 atom stereocenters. The fourth-order valence-corrected chi connectivity index (χ4v) is 2.01. The van der Waals surface area contributed by atoms with Crippen LogP contribution in [0.15, 0.2) is 24.3 Å². The molecular formula is C13H17N3O2. The summed E-state index contributed by atoms with van der Waals surface area (Å²) in [6.45, 7) is 2.26. The van der Waals surface area contributed by atoms with E-state index in [1.807, 2.05) is 31.3 Å². The van der Waals surface area contributed by atoms with E-state index in [0.717, 1.165) is 24.3 Å². The molecule has 0 radical (unpaired) electrons. The van der Waals surface area contributed by atoms with E-state index < -0.39 is 0 Å². The van der Waals surface area contributed by atoms with Gasteiger partial charge in [-0.1, -0.05) is 0 Å². The summed E-state index contributed by atoms with van der Waals surface area (Å²) in [7, 11) is 1.81. The Hall–Kier alpha value is -2.04. The van der Waals surface area contributed by atoms with Gasteiger partial charge < -0.3 is 15.5 Å². The lowest BCUT2D eigenvalue weighted by atomic mass is 10.2. The topological polar surface area (TPSA) is 61.4 Å². The predicted molar refractivity (Wildman–Crippen MR) is 70.4 cm³/mol. The molecule has 0 bridgehead atoms. The first-order valence-corrected chi connectivity index (χ1v) is 5.95. The number of rotatable bonds is 3. The normalized spacial score (nSPS) is 18.9. The first-order valence-electron chi connectivity index (χ1n) is 5.95. The Bertz CT molecular complexity index is 456. The number of anilines is 2. The highest BCUT2D eigenvalue weighted by Gasteiger charge is 2.28. The number of hydrogen-bond acceptors (Lipinski definition) is 3. The maximum Gasteiger partial charge on any atom is 0.244 e. The van der Waals surface area contributed by atoms with Gasteiger partial charge in [-0.15, -0.1) is 0 Å². The van der Waals surface area contributed by atoms with Gasteiger partial charge in [-0.3, -0.25) is 9.59 Å². The third kappa shape index (κ3) is 2.80. The molecule has 0 aliphatic carbocycles. The minimum Gasteiger partial charge on any atom is -0.374 e. The number of nitrogens with zero attached hydrogens (tertiary/aromatic N) is 1. The van der Waals surface area contributed by atoms with Crippen LogP contribution in [-0.2, 0) is 9.59 Å². The molecule has 0 saturated carbocycles. The first kappa shape index (κ1) is 12.4. The van der Waals surface area contributed by atoms with E-state index in [-0.39, 0.29) is 17.9 Å². The summed E-state index contributed by atoms with van der Waals surface area (Å²) in [5.74, 6) is 0.0317. The van der Waals surface area contributed by atoms with Crippen LogP contribution in [0.1, 0.15) is 13.3 Å². The molecule has 96 valence electrons. The molecule has 1 unspecified atom stereocenters. The Balaban J connectivity index is 1.98. The second-order valence-electron chi connectivity index (χ2n) is 4.50. The molecule has 5 heteroatoms. The van der Waals surface area contributed by atoms with Gasteiger partial charge in [0.05, 0.1) is 0 Å². The number of benzene rings is 1. The zero-order valence-electron chi connectivity index (χ0n) is 10.6. The zero-order valence-corrected chi connectivity index (χ0v) is 10.6. The quantitative estimate of drug-likeness (QED) is 0.846. The van der Waals surface area contributed by atoms with Crippen LogP contribution < -0.4 is 10.6 Å². The van der Waals surface area contributed by atoms with Gasteiger partial charge >= 0.3 is 0 Å². The monoisotopic (exact) mass is 247 g/mol. The van der Waals surface area contributed by atoms with E-state index in [1.165, 1.54) is 6.92 Å². The average Bonchev–Trinajstić information content (AvgIpc) is 2.63. The van der Waals surface area contributed by atoms with Crippen LogP contribution in [0.4, 0.5) is 11.4 Å². The molecule has 18 heavy (non-hydrogen) atoms. The molecule has 2 rings (SSSR count). The Labute approximate surface area is 106 Å². The second kappa shape index (κ2) is 5.08. The SMILES string of the molecule is CC(=O)Nc1ccc(NC2CCN(C)C2=O)cc1. The Morgan fingerprint density at radius 3 is 2.39 bits per heavy atom. The molecule has 1 saturated heterocycles. The van der Waals surface area contributed by atoms with Crippen molar-refractivity contribution in [2.45, 2.75) is 19.4 Å². The summed E-state index contributed by atoms with van der Waals surface area (Å²) in [5, 5.41) is 5.90. The van der Waals surface area contributed by atoms with Crippen LogP contribution in [0.5, 0.6) is 0 Å². The maximum absolute atomic E-state index is 11.7. The van der Waals surface area contributed by atoms with E-state index >= 15 is 0 Å². The molecule has 1 heterocycles. The highest BCUT2D eigenvalue weighted by atomic mass is 16.2. The number of carbonyl (C=O) groups excluding carboxylic acids is 2. The van der Waals surface area contributed by atoms with E-state index in [0.29, 0.717) is 0 Å². The molecule has 0 spiro atoms. The summed E-state index contributed by atoms with van der Waals surface area (Å²) in [6.07, 6.45) is 0.822. The van der Waals surface area contributed by atoms with Crippen LogP contribution in [0.25, 0.3) is 0 Å². The van der Waals surface area contributed by atoms with E-state index in [2.05, 4.69) is 10.6 Å². The van der Waals surface area contributed by atoms with Crippen molar-refractivity contribution in [2.75, 3.05) is 24.2 Å².